The molecule has 0 aromatic heterocycles. The minimum absolute atomic E-state index is 0.00662. The van der Waals surface area contributed by atoms with E-state index in [1.807, 2.05) is 75.4 Å². The van der Waals surface area contributed by atoms with E-state index in [1.54, 1.807) is 30.3 Å². The van der Waals surface area contributed by atoms with Crippen molar-refractivity contribution in [3.8, 4) is 23.0 Å². The Morgan fingerprint density at radius 3 is 2.12 bits per heavy atom. The summed E-state index contributed by atoms with van der Waals surface area (Å²) < 4.78 is 55.1. The number of halogens is 1. The third-order valence-corrected chi connectivity index (χ3v) is 14.0. The van der Waals surface area contributed by atoms with Crippen molar-refractivity contribution < 1.29 is 37.0 Å². The van der Waals surface area contributed by atoms with E-state index >= 15 is 0 Å². The summed E-state index contributed by atoms with van der Waals surface area (Å²) >= 11 is 6.50. The number of amides is 1. The number of Topliss-reactive ketones (excluding diaryl/α,β-unsaturated/α-hetero) is 1. The number of para-hydroxylation sites is 1. The first-order valence-corrected chi connectivity index (χ1v) is 22.1. The third kappa shape index (κ3) is 8.91. The number of nitrogens with zero attached hydrogens (tertiary/aromatic N) is 1. The Balaban J connectivity index is 1.05. The van der Waals surface area contributed by atoms with Crippen molar-refractivity contribution in [2.24, 2.45) is 17.8 Å². The number of hydrogen-bond donors (Lipinski definition) is 1. The van der Waals surface area contributed by atoms with Gasteiger partial charge in [-0.2, -0.15) is 4.31 Å². The fourth-order valence-corrected chi connectivity index (χ4v) is 11.2. The molecule has 57 heavy (non-hydrogen) atoms. The molecule has 3 aliphatic carbocycles. The summed E-state index contributed by atoms with van der Waals surface area (Å²) in [5, 5.41) is 5.07. The Kier molecular flexibility index (Phi) is 11.2. The Labute approximate surface area is 340 Å². The van der Waals surface area contributed by atoms with Crippen molar-refractivity contribution >= 4 is 44.3 Å². The standard InChI is InChI=1S/C45H51ClN2O8S/c1-45(2,3)56-44(50)47-32-21-30-13-14-31(22-32)42(30)43(49)40-25-37(54-36-18-20-39(46)41(26-36)55-34-9-5-4-6-10-34)27-48(40)57(51,52)38-19-16-28-23-35(17-15-29(28)24-38)53-33-11-7-8-12-33/h4-6,9-10,15-20,23-24,26,30-33,37,40,42H,7-8,11-14,21-22,25,27H2,1-3H3,(H,47,50)/t30?,31?,32?,37-,40-,42?/m0/s1. The van der Waals surface area contributed by atoms with E-state index in [4.69, 9.17) is 30.5 Å². The van der Waals surface area contributed by atoms with Crippen LogP contribution in [0, 0.1) is 17.8 Å². The van der Waals surface area contributed by atoms with Gasteiger partial charge in [0.15, 0.2) is 5.78 Å². The predicted molar refractivity (Wildman–Crippen MR) is 219 cm³/mol. The average Bonchev–Trinajstić information content (AvgIpc) is 3.91. The fourth-order valence-electron chi connectivity index (χ4n) is 9.40. The Morgan fingerprint density at radius 1 is 0.754 bits per heavy atom. The molecule has 1 N–H and O–H groups in total. The highest BCUT2D eigenvalue weighted by Crippen LogP contribution is 2.49. The fraction of sp³-hybridized carbons (Fsp3) is 0.467. The van der Waals surface area contributed by atoms with Crippen molar-refractivity contribution in [3.63, 3.8) is 0 Å². The summed E-state index contributed by atoms with van der Waals surface area (Å²) in [4.78, 5) is 27.6. The molecule has 4 aromatic rings. The van der Waals surface area contributed by atoms with Gasteiger partial charge >= 0.3 is 6.09 Å². The number of fused-ring (bicyclic) bond motifs is 3. The topological polar surface area (TPSA) is 120 Å². The smallest absolute Gasteiger partial charge is 0.407 e. The average molecular weight is 815 g/mol. The van der Waals surface area contributed by atoms with Crippen LogP contribution in [0.4, 0.5) is 4.79 Å². The second-order valence-corrected chi connectivity index (χ2v) is 19.4. The minimum atomic E-state index is -4.15. The Hall–Kier alpha value is -4.32. The zero-order valence-corrected chi connectivity index (χ0v) is 34.3. The van der Waals surface area contributed by atoms with Gasteiger partial charge in [0.2, 0.25) is 10.0 Å². The number of ether oxygens (including phenoxy) is 4. The molecule has 4 aromatic carbocycles. The zero-order valence-electron chi connectivity index (χ0n) is 32.7. The first-order valence-electron chi connectivity index (χ1n) is 20.2. The molecule has 1 heterocycles. The lowest BCUT2D eigenvalue weighted by Gasteiger charge is -2.37. The van der Waals surface area contributed by atoms with Gasteiger partial charge in [0, 0.05) is 24.4 Å². The molecule has 0 radical (unpaired) electrons. The number of ketones is 1. The van der Waals surface area contributed by atoms with Gasteiger partial charge in [-0.25, -0.2) is 13.2 Å². The van der Waals surface area contributed by atoms with Crippen molar-refractivity contribution in [1.29, 1.82) is 0 Å². The van der Waals surface area contributed by atoms with Gasteiger partial charge in [-0.05, 0) is 143 Å². The van der Waals surface area contributed by atoms with E-state index in [0.717, 1.165) is 42.2 Å². The van der Waals surface area contributed by atoms with Gasteiger partial charge in [0.1, 0.15) is 34.7 Å². The van der Waals surface area contributed by atoms with Gasteiger partial charge < -0.3 is 24.3 Å². The van der Waals surface area contributed by atoms with Crippen LogP contribution in [0.1, 0.15) is 78.6 Å². The number of alkyl carbamates (subject to hydrolysis) is 1. The van der Waals surface area contributed by atoms with Gasteiger partial charge in [-0.15, -0.1) is 0 Å². The van der Waals surface area contributed by atoms with Crippen LogP contribution in [0.3, 0.4) is 0 Å². The van der Waals surface area contributed by atoms with Crippen LogP contribution in [0.5, 0.6) is 23.0 Å². The van der Waals surface area contributed by atoms with Crippen LogP contribution < -0.4 is 19.5 Å². The maximum absolute atomic E-state index is 14.8. The quantitative estimate of drug-likeness (QED) is 0.159. The summed E-state index contributed by atoms with van der Waals surface area (Å²) in [6.07, 6.45) is 6.73. The van der Waals surface area contributed by atoms with E-state index < -0.39 is 33.9 Å². The van der Waals surface area contributed by atoms with Crippen LogP contribution in [0.15, 0.2) is 89.8 Å². The lowest BCUT2D eigenvalue weighted by atomic mass is 9.72. The second kappa shape index (κ2) is 16.1. The first-order chi connectivity index (χ1) is 27.3. The van der Waals surface area contributed by atoms with Crippen LogP contribution >= 0.6 is 11.6 Å². The minimum Gasteiger partial charge on any atom is -0.490 e. The Bertz CT molecular complexity index is 2210. The van der Waals surface area contributed by atoms with E-state index in [1.165, 1.54) is 17.1 Å². The van der Waals surface area contributed by atoms with Crippen LogP contribution in [0.2, 0.25) is 5.02 Å². The second-order valence-electron chi connectivity index (χ2n) is 17.1. The molecule has 1 saturated heterocycles. The van der Waals surface area contributed by atoms with E-state index in [2.05, 4.69) is 5.32 Å². The molecule has 4 atom stereocenters. The van der Waals surface area contributed by atoms with Crippen LogP contribution in [0.25, 0.3) is 10.8 Å². The molecule has 2 unspecified atom stereocenters. The van der Waals surface area contributed by atoms with E-state index in [0.29, 0.717) is 35.1 Å². The normalized spacial score (nSPS) is 25.3. The number of rotatable bonds is 11. The van der Waals surface area contributed by atoms with Crippen molar-refractivity contribution in [3.05, 3.63) is 90.0 Å². The molecule has 12 heteroatoms. The summed E-state index contributed by atoms with van der Waals surface area (Å²) in [5.41, 5.74) is -0.619. The molecule has 1 aliphatic heterocycles. The summed E-state index contributed by atoms with van der Waals surface area (Å²) in [7, 11) is -4.15. The van der Waals surface area contributed by atoms with Gasteiger partial charge in [-0.3, -0.25) is 4.79 Å². The van der Waals surface area contributed by atoms with E-state index in [9.17, 15) is 18.0 Å². The molecule has 8 rings (SSSR count). The molecule has 1 amide bonds. The van der Waals surface area contributed by atoms with Crippen molar-refractivity contribution in [2.45, 2.75) is 113 Å². The molecule has 0 spiro atoms. The lowest BCUT2D eigenvalue weighted by molar-refractivity contribution is -0.129. The third-order valence-electron chi connectivity index (χ3n) is 11.9. The molecule has 2 bridgehead atoms. The number of carbonyl (C=O) groups is 2. The number of benzene rings is 4. The van der Waals surface area contributed by atoms with Gasteiger partial charge in [0.05, 0.1) is 28.6 Å². The lowest BCUT2D eigenvalue weighted by Crippen LogP contribution is -2.49. The molecule has 4 fully saturated rings. The molecular formula is C45H51ClN2O8S. The number of sulfonamides is 1. The van der Waals surface area contributed by atoms with Crippen LogP contribution in [-0.2, 0) is 19.6 Å². The number of carbonyl (C=O) groups excluding carboxylic acids is 2. The monoisotopic (exact) mass is 814 g/mol. The SMILES string of the molecule is CC(C)(C)OC(=O)NC1CC2CCC(C1)C2C(=O)[C@@H]1C[C@H](Oc2ccc(Cl)c(Oc3ccccc3)c2)CN1S(=O)(=O)c1ccc2cc(OC3CCCC3)ccc2c1. The predicted octanol–water partition coefficient (Wildman–Crippen LogP) is 9.72. The summed E-state index contributed by atoms with van der Waals surface area (Å²) in [5.74, 6) is 1.89. The Morgan fingerprint density at radius 2 is 1.40 bits per heavy atom. The largest absolute Gasteiger partial charge is 0.490 e. The number of nitrogens with one attached hydrogen (secondary N) is 1. The summed E-state index contributed by atoms with van der Waals surface area (Å²) in [6.45, 7) is 5.48. The molecule has 10 nitrogen and oxygen atoms in total. The maximum Gasteiger partial charge on any atom is 0.407 e. The van der Waals surface area contributed by atoms with Crippen molar-refractivity contribution in [2.75, 3.05) is 6.54 Å². The first kappa shape index (κ1) is 39.5. The molecule has 4 aliphatic rings. The molecular weight excluding hydrogens is 764 g/mol. The van der Waals surface area contributed by atoms with Gasteiger partial charge in [0.25, 0.3) is 0 Å². The summed E-state index contributed by atoms with van der Waals surface area (Å²) in [6, 6.07) is 24.2. The van der Waals surface area contributed by atoms with Gasteiger partial charge in [-0.1, -0.05) is 41.9 Å². The van der Waals surface area contributed by atoms with Crippen LogP contribution in [-0.4, -0.2) is 61.0 Å². The highest BCUT2D eigenvalue weighted by Gasteiger charge is 2.53. The highest BCUT2D eigenvalue weighted by molar-refractivity contribution is 7.89. The highest BCUT2D eigenvalue weighted by atomic mass is 35.5. The molecule has 302 valence electrons. The van der Waals surface area contributed by atoms with E-state index in [-0.39, 0.29) is 53.5 Å². The maximum atomic E-state index is 14.8. The van der Waals surface area contributed by atoms with Crippen molar-refractivity contribution in [1.82, 2.24) is 9.62 Å². The molecule has 3 saturated carbocycles. The number of hydrogen-bond acceptors (Lipinski definition) is 8. The zero-order chi connectivity index (χ0) is 39.9.